The van der Waals surface area contributed by atoms with Crippen LogP contribution >= 0.6 is 0 Å². The largest absolute Gasteiger partial charge is 0.361 e. The van der Waals surface area contributed by atoms with Crippen molar-refractivity contribution < 1.29 is 9.59 Å². The molecular weight excluding hydrogens is 268 g/mol. The Morgan fingerprint density at radius 2 is 2.00 bits per heavy atom. The van der Waals surface area contributed by atoms with E-state index in [1.807, 2.05) is 43.4 Å². The molecule has 2 rings (SSSR count). The Hall–Kier alpha value is -2.34. The van der Waals surface area contributed by atoms with Gasteiger partial charge in [-0.1, -0.05) is 0 Å². The number of rotatable bonds is 5. The van der Waals surface area contributed by atoms with E-state index in [2.05, 4.69) is 15.6 Å². The lowest BCUT2D eigenvalue weighted by Gasteiger charge is -2.10. The third kappa shape index (κ3) is 4.32. The molecule has 6 nitrogen and oxygen atoms in total. The number of hydrogen-bond donors (Lipinski definition) is 3. The van der Waals surface area contributed by atoms with Crippen molar-refractivity contribution in [3.05, 3.63) is 30.5 Å². The molecule has 3 N–H and O–H groups in total. The van der Waals surface area contributed by atoms with Crippen molar-refractivity contribution in [2.45, 2.75) is 6.42 Å². The van der Waals surface area contributed by atoms with Gasteiger partial charge in [0.2, 0.25) is 0 Å². The fraction of sp³-hybridized carbons (Fsp3) is 0.333. The van der Waals surface area contributed by atoms with E-state index < -0.39 is 11.8 Å². The second-order valence-electron chi connectivity index (χ2n) is 5.15. The summed E-state index contributed by atoms with van der Waals surface area (Å²) in [5, 5.41) is 6.19. The fourth-order valence-corrected chi connectivity index (χ4v) is 2.00. The Morgan fingerprint density at radius 3 is 2.76 bits per heavy atom. The van der Waals surface area contributed by atoms with E-state index >= 15 is 0 Å². The molecule has 0 aliphatic rings. The van der Waals surface area contributed by atoms with Gasteiger partial charge in [0.15, 0.2) is 0 Å². The van der Waals surface area contributed by atoms with Crippen LogP contribution in [0.1, 0.15) is 6.42 Å². The van der Waals surface area contributed by atoms with Crippen LogP contribution in [0, 0.1) is 0 Å². The zero-order valence-electron chi connectivity index (χ0n) is 12.3. The van der Waals surface area contributed by atoms with Gasteiger partial charge in [-0.05, 0) is 51.3 Å². The maximum Gasteiger partial charge on any atom is 0.313 e. The van der Waals surface area contributed by atoms with E-state index in [0.29, 0.717) is 12.2 Å². The average molecular weight is 288 g/mol. The van der Waals surface area contributed by atoms with E-state index in [9.17, 15) is 9.59 Å². The normalized spacial score (nSPS) is 10.8. The van der Waals surface area contributed by atoms with Crippen LogP contribution in [0.3, 0.4) is 0 Å². The van der Waals surface area contributed by atoms with Crippen molar-refractivity contribution in [1.29, 1.82) is 0 Å². The van der Waals surface area contributed by atoms with Gasteiger partial charge >= 0.3 is 11.8 Å². The zero-order valence-corrected chi connectivity index (χ0v) is 12.3. The van der Waals surface area contributed by atoms with Crippen LogP contribution in [0.5, 0.6) is 0 Å². The minimum absolute atomic E-state index is 0.487. The Labute approximate surface area is 123 Å². The molecule has 1 aromatic carbocycles. The molecule has 1 aromatic heterocycles. The van der Waals surface area contributed by atoms with Crippen molar-refractivity contribution in [2.24, 2.45) is 0 Å². The summed E-state index contributed by atoms with van der Waals surface area (Å²) in [7, 11) is 3.93. The number of nitrogens with zero attached hydrogens (tertiary/aromatic N) is 1. The summed E-state index contributed by atoms with van der Waals surface area (Å²) < 4.78 is 0. The summed E-state index contributed by atoms with van der Waals surface area (Å²) in [5.41, 5.74) is 1.59. The standard InChI is InChI=1S/C15H20N4O2/c1-19(2)9-3-7-17-14(20)15(21)18-12-4-5-13-11(10-12)6-8-16-13/h4-6,8,10,16H,3,7,9H2,1-2H3,(H,17,20)(H,18,21). The Morgan fingerprint density at radius 1 is 1.19 bits per heavy atom. The molecule has 6 heteroatoms. The number of H-pyrrole nitrogens is 1. The highest BCUT2D eigenvalue weighted by atomic mass is 16.2. The fourth-order valence-electron chi connectivity index (χ4n) is 2.00. The number of carbonyl (C=O) groups is 2. The molecule has 0 atom stereocenters. The number of benzene rings is 1. The van der Waals surface area contributed by atoms with Gasteiger partial charge in [0.25, 0.3) is 0 Å². The third-order valence-corrected chi connectivity index (χ3v) is 3.09. The summed E-state index contributed by atoms with van der Waals surface area (Å²) in [5.74, 6) is -1.25. The van der Waals surface area contributed by atoms with Crippen molar-refractivity contribution in [1.82, 2.24) is 15.2 Å². The van der Waals surface area contributed by atoms with Crippen molar-refractivity contribution in [3.63, 3.8) is 0 Å². The monoisotopic (exact) mass is 288 g/mol. The maximum atomic E-state index is 11.8. The van der Waals surface area contributed by atoms with Gasteiger partial charge in [-0.3, -0.25) is 9.59 Å². The van der Waals surface area contributed by atoms with E-state index in [4.69, 9.17) is 0 Å². The van der Waals surface area contributed by atoms with Crippen LogP contribution in [0.2, 0.25) is 0 Å². The molecule has 0 aliphatic heterocycles. The molecule has 0 fully saturated rings. The molecule has 21 heavy (non-hydrogen) atoms. The molecule has 112 valence electrons. The summed E-state index contributed by atoms with van der Waals surface area (Å²) in [6.45, 7) is 1.35. The lowest BCUT2D eigenvalue weighted by atomic mass is 10.2. The zero-order chi connectivity index (χ0) is 15.2. The lowest BCUT2D eigenvalue weighted by molar-refractivity contribution is -0.136. The van der Waals surface area contributed by atoms with E-state index in [1.54, 1.807) is 6.07 Å². The van der Waals surface area contributed by atoms with Crippen LogP contribution in [-0.2, 0) is 9.59 Å². The first-order valence-electron chi connectivity index (χ1n) is 6.87. The number of aromatic amines is 1. The first-order chi connectivity index (χ1) is 10.1. The Balaban J connectivity index is 1.84. The van der Waals surface area contributed by atoms with Crippen molar-refractivity contribution in [2.75, 3.05) is 32.5 Å². The minimum atomic E-state index is -0.644. The molecule has 1 heterocycles. The molecular formula is C15H20N4O2. The smallest absolute Gasteiger partial charge is 0.313 e. The maximum absolute atomic E-state index is 11.8. The van der Waals surface area contributed by atoms with Gasteiger partial charge in [0.1, 0.15) is 0 Å². The predicted molar refractivity (Wildman–Crippen MR) is 83.1 cm³/mol. The minimum Gasteiger partial charge on any atom is -0.361 e. The SMILES string of the molecule is CN(C)CCCNC(=O)C(=O)Nc1ccc2[nH]ccc2c1. The average Bonchev–Trinajstić information content (AvgIpc) is 2.90. The van der Waals surface area contributed by atoms with Crippen LogP contribution in [-0.4, -0.2) is 48.9 Å². The van der Waals surface area contributed by atoms with Gasteiger partial charge in [-0.2, -0.15) is 0 Å². The molecule has 2 amide bonds. The van der Waals surface area contributed by atoms with Gasteiger partial charge in [-0.15, -0.1) is 0 Å². The molecule has 0 bridgehead atoms. The van der Waals surface area contributed by atoms with Crippen molar-refractivity contribution in [3.8, 4) is 0 Å². The molecule has 0 radical (unpaired) electrons. The summed E-state index contributed by atoms with van der Waals surface area (Å²) >= 11 is 0. The predicted octanol–water partition coefficient (Wildman–Crippen LogP) is 1.17. The van der Waals surface area contributed by atoms with Gasteiger partial charge < -0.3 is 20.5 Å². The topological polar surface area (TPSA) is 77.2 Å². The molecule has 0 aliphatic carbocycles. The van der Waals surface area contributed by atoms with Crippen LogP contribution in [0.25, 0.3) is 10.9 Å². The lowest BCUT2D eigenvalue weighted by Crippen LogP contribution is -2.36. The number of carbonyl (C=O) groups excluding carboxylic acids is 2. The molecule has 0 unspecified atom stereocenters. The van der Waals surface area contributed by atoms with E-state index in [-0.39, 0.29) is 0 Å². The number of hydrogen-bond acceptors (Lipinski definition) is 3. The summed E-state index contributed by atoms with van der Waals surface area (Å²) in [4.78, 5) is 28.5. The summed E-state index contributed by atoms with van der Waals surface area (Å²) in [6, 6.07) is 7.35. The molecule has 0 saturated heterocycles. The van der Waals surface area contributed by atoms with Crippen LogP contribution in [0.15, 0.2) is 30.5 Å². The van der Waals surface area contributed by atoms with Crippen LogP contribution < -0.4 is 10.6 Å². The van der Waals surface area contributed by atoms with Crippen LogP contribution in [0.4, 0.5) is 5.69 Å². The summed E-state index contributed by atoms with van der Waals surface area (Å²) in [6.07, 6.45) is 2.63. The van der Waals surface area contributed by atoms with Gasteiger partial charge in [0.05, 0.1) is 0 Å². The quantitative estimate of drug-likeness (QED) is 0.571. The highest BCUT2D eigenvalue weighted by Gasteiger charge is 2.13. The molecule has 0 saturated carbocycles. The number of aromatic nitrogens is 1. The Kier molecular flexibility index (Phi) is 4.94. The van der Waals surface area contributed by atoms with E-state index in [0.717, 1.165) is 23.9 Å². The second kappa shape index (κ2) is 6.90. The highest BCUT2D eigenvalue weighted by molar-refractivity contribution is 6.39. The molecule has 0 spiro atoms. The number of anilines is 1. The molecule has 2 aromatic rings. The van der Waals surface area contributed by atoms with Gasteiger partial charge in [0, 0.05) is 29.3 Å². The first kappa shape index (κ1) is 15.1. The third-order valence-electron chi connectivity index (χ3n) is 3.09. The Bertz CT molecular complexity index is 633. The number of nitrogens with one attached hydrogen (secondary N) is 3. The van der Waals surface area contributed by atoms with Crippen molar-refractivity contribution >= 4 is 28.4 Å². The first-order valence-corrected chi connectivity index (χ1v) is 6.87. The number of amides is 2. The van der Waals surface area contributed by atoms with E-state index in [1.165, 1.54) is 0 Å². The number of fused-ring (bicyclic) bond motifs is 1. The van der Waals surface area contributed by atoms with Gasteiger partial charge in [-0.25, -0.2) is 0 Å². The highest BCUT2D eigenvalue weighted by Crippen LogP contribution is 2.17. The second-order valence-corrected chi connectivity index (χ2v) is 5.15.